The highest BCUT2D eigenvalue weighted by atomic mass is 32.2. The van der Waals surface area contributed by atoms with E-state index in [0.29, 0.717) is 44.8 Å². The van der Waals surface area contributed by atoms with Gasteiger partial charge in [-0.2, -0.15) is 0 Å². The van der Waals surface area contributed by atoms with Crippen LogP contribution in [0.15, 0.2) is 21.6 Å². The van der Waals surface area contributed by atoms with E-state index in [4.69, 9.17) is 15.6 Å². The third kappa shape index (κ3) is 5.75. The van der Waals surface area contributed by atoms with E-state index >= 15 is 0 Å². The summed E-state index contributed by atoms with van der Waals surface area (Å²) in [5, 5.41) is 2.99. The van der Waals surface area contributed by atoms with Gasteiger partial charge in [0.1, 0.15) is 5.76 Å². The maximum atomic E-state index is 11.9. The van der Waals surface area contributed by atoms with Gasteiger partial charge in [0.25, 0.3) is 10.0 Å². The monoisotopic (exact) mass is 300 g/mol. The van der Waals surface area contributed by atoms with Crippen LogP contribution in [0, 0.1) is 12.3 Å². The van der Waals surface area contributed by atoms with E-state index in [0.717, 1.165) is 0 Å². The van der Waals surface area contributed by atoms with Crippen LogP contribution in [0.5, 0.6) is 0 Å². The maximum absolute atomic E-state index is 11.9. The Morgan fingerprint density at radius 1 is 1.40 bits per heavy atom. The van der Waals surface area contributed by atoms with Crippen molar-refractivity contribution in [2.45, 2.75) is 24.5 Å². The average molecular weight is 300 g/mol. The molecule has 1 rings (SSSR count). The van der Waals surface area contributed by atoms with Crippen LogP contribution in [0.25, 0.3) is 0 Å². The van der Waals surface area contributed by atoms with Gasteiger partial charge in [-0.05, 0) is 18.6 Å². The Bertz CT molecular complexity index is 531. The number of hydrogen-bond acceptors (Lipinski definition) is 5. The topological polar surface area (TPSA) is 80.6 Å². The summed E-state index contributed by atoms with van der Waals surface area (Å²) in [4.78, 5) is 0. The molecule has 0 bridgehead atoms. The number of sulfonamides is 1. The largest absolute Gasteiger partial charge is 0.447 e. The summed E-state index contributed by atoms with van der Waals surface area (Å²) in [6.07, 6.45) is 6.24. The third-order valence-electron chi connectivity index (χ3n) is 2.47. The van der Waals surface area contributed by atoms with Gasteiger partial charge < -0.3 is 14.5 Å². The van der Waals surface area contributed by atoms with Crippen LogP contribution in [0.2, 0.25) is 0 Å². The zero-order chi connectivity index (χ0) is 14.8. The number of nitrogens with one attached hydrogen (secondary N) is 2. The minimum Gasteiger partial charge on any atom is -0.447 e. The molecule has 20 heavy (non-hydrogen) atoms. The first-order chi connectivity index (χ1) is 9.60. The molecule has 1 aromatic rings. The van der Waals surface area contributed by atoms with Crippen LogP contribution in [-0.4, -0.2) is 35.2 Å². The molecule has 0 aromatic carbocycles. The molecule has 0 aliphatic carbocycles. The molecule has 7 heteroatoms. The minimum atomic E-state index is -3.59. The summed E-state index contributed by atoms with van der Waals surface area (Å²) in [5.74, 6) is 3.01. The van der Waals surface area contributed by atoms with Crippen LogP contribution in [-0.2, 0) is 21.3 Å². The Hall–Kier alpha value is -1.33. The van der Waals surface area contributed by atoms with Crippen molar-refractivity contribution in [1.82, 2.24) is 10.0 Å². The number of hydrogen-bond donors (Lipinski definition) is 2. The molecule has 0 radical (unpaired) electrons. The van der Waals surface area contributed by atoms with Crippen molar-refractivity contribution in [3.63, 3.8) is 0 Å². The van der Waals surface area contributed by atoms with E-state index in [1.165, 1.54) is 6.07 Å². The van der Waals surface area contributed by atoms with Crippen LogP contribution in [0.3, 0.4) is 0 Å². The van der Waals surface area contributed by atoms with Gasteiger partial charge in [-0.15, -0.1) is 12.3 Å². The van der Waals surface area contributed by atoms with Gasteiger partial charge in [-0.3, -0.25) is 0 Å². The molecule has 0 aliphatic heterocycles. The highest BCUT2D eigenvalue weighted by molar-refractivity contribution is 7.89. The third-order valence-corrected chi connectivity index (χ3v) is 3.81. The van der Waals surface area contributed by atoms with Crippen molar-refractivity contribution >= 4 is 10.0 Å². The van der Waals surface area contributed by atoms with Crippen molar-refractivity contribution in [2.24, 2.45) is 0 Å². The summed E-state index contributed by atoms with van der Waals surface area (Å²) in [6, 6.07) is 3.08. The number of terminal acetylenes is 1. The lowest BCUT2D eigenvalue weighted by molar-refractivity contribution is 0.198. The van der Waals surface area contributed by atoms with E-state index in [9.17, 15) is 8.42 Å². The fraction of sp³-hybridized carbons (Fsp3) is 0.538. The van der Waals surface area contributed by atoms with Crippen LogP contribution in [0.4, 0.5) is 0 Å². The molecule has 0 saturated heterocycles. The molecule has 112 valence electrons. The van der Waals surface area contributed by atoms with Crippen molar-refractivity contribution in [2.75, 3.05) is 26.8 Å². The quantitative estimate of drug-likeness (QED) is 0.491. The lowest BCUT2D eigenvalue weighted by Gasteiger charge is -2.03. The second kappa shape index (κ2) is 8.76. The summed E-state index contributed by atoms with van der Waals surface area (Å²) < 4.78 is 36.4. The molecule has 0 fully saturated rings. The lowest BCUT2D eigenvalue weighted by atomic mass is 10.3. The second-order valence-electron chi connectivity index (χ2n) is 4.10. The van der Waals surface area contributed by atoms with Gasteiger partial charge in [-0.25, -0.2) is 13.1 Å². The first-order valence-corrected chi connectivity index (χ1v) is 7.80. The molecule has 2 N–H and O–H groups in total. The molecule has 0 amide bonds. The van der Waals surface area contributed by atoms with Crippen molar-refractivity contribution in [1.29, 1.82) is 0 Å². The molecule has 0 aliphatic rings. The first-order valence-electron chi connectivity index (χ1n) is 6.31. The van der Waals surface area contributed by atoms with Gasteiger partial charge in [0.2, 0.25) is 5.09 Å². The van der Waals surface area contributed by atoms with Crippen molar-refractivity contribution in [3.8, 4) is 12.3 Å². The Balaban J connectivity index is 2.46. The van der Waals surface area contributed by atoms with Crippen LogP contribution in [0.1, 0.15) is 18.6 Å². The molecule has 0 unspecified atom stereocenters. The van der Waals surface area contributed by atoms with Gasteiger partial charge in [0.05, 0.1) is 13.2 Å². The van der Waals surface area contributed by atoms with Gasteiger partial charge in [0.15, 0.2) is 0 Å². The molecular formula is C13H20N2O4S. The van der Waals surface area contributed by atoms with Gasteiger partial charge in [0, 0.05) is 26.6 Å². The van der Waals surface area contributed by atoms with Crippen LogP contribution < -0.4 is 10.0 Å². The molecule has 1 aromatic heterocycles. The van der Waals surface area contributed by atoms with Crippen molar-refractivity contribution in [3.05, 3.63) is 17.9 Å². The fourth-order valence-corrected chi connectivity index (χ4v) is 2.47. The first kappa shape index (κ1) is 16.7. The Kier molecular flexibility index (Phi) is 7.33. The SMILES string of the molecule is C#CCCCNS(=O)(=O)c1ccc(CNCCOC)o1. The average Bonchev–Trinajstić information content (AvgIpc) is 2.89. The fourth-order valence-electron chi connectivity index (χ4n) is 1.45. The van der Waals surface area contributed by atoms with Gasteiger partial charge in [-0.1, -0.05) is 0 Å². The summed E-state index contributed by atoms with van der Waals surface area (Å²) in [7, 11) is -1.98. The number of rotatable bonds is 10. The van der Waals surface area contributed by atoms with E-state index in [-0.39, 0.29) is 5.09 Å². The van der Waals surface area contributed by atoms with Crippen molar-refractivity contribution < 1.29 is 17.6 Å². The maximum Gasteiger partial charge on any atom is 0.273 e. The molecule has 0 spiro atoms. The zero-order valence-electron chi connectivity index (χ0n) is 11.5. The highest BCUT2D eigenvalue weighted by Crippen LogP contribution is 2.13. The number of furan rings is 1. The van der Waals surface area contributed by atoms with Gasteiger partial charge >= 0.3 is 0 Å². The highest BCUT2D eigenvalue weighted by Gasteiger charge is 2.17. The molecule has 6 nitrogen and oxygen atoms in total. The van der Waals surface area contributed by atoms with E-state index in [1.807, 2.05) is 0 Å². The molecular weight excluding hydrogens is 280 g/mol. The predicted octanol–water partition coefficient (Wildman–Crippen LogP) is 0.707. The van der Waals surface area contributed by atoms with E-state index in [2.05, 4.69) is 16.0 Å². The summed E-state index contributed by atoms with van der Waals surface area (Å²) >= 11 is 0. The Morgan fingerprint density at radius 2 is 2.20 bits per heavy atom. The van der Waals surface area contributed by atoms with Crippen LogP contribution >= 0.6 is 0 Å². The zero-order valence-corrected chi connectivity index (χ0v) is 12.3. The number of methoxy groups -OCH3 is 1. The smallest absolute Gasteiger partial charge is 0.273 e. The standard InChI is InChI=1S/C13H20N2O4S/c1-3-4-5-8-15-20(16,17)13-7-6-12(19-13)11-14-9-10-18-2/h1,6-7,14-15H,4-5,8-11H2,2H3. The summed E-state index contributed by atoms with van der Waals surface area (Å²) in [5.41, 5.74) is 0. The number of ether oxygens (including phenoxy) is 1. The molecule has 0 saturated carbocycles. The van der Waals surface area contributed by atoms with E-state index in [1.54, 1.807) is 13.2 Å². The normalized spacial score (nSPS) is 11.4. The van der Waals surface area contributed by atoms with E-state index < -0.39 is 10.0 Å². The second-order valence-corrected chi connectivity index (χ2v) is 5.79. The Labute approximate surface area is 119 Å². The molecule has 1 heterocycles. The summed E-state index contributed by atoms with van der Waals surface area (Å²) in [6.45, 7) is 2.01. The lowest BCUT2D eigenvalue weighted by Crippen LogP contribution is -2.24. The Morgan fingerprint density at radius 3 is 2.90 bits per heavy atom. The number of unbranched alkanes of at least 4 members (excludes halogenated alkanes) is 1. The predicted molar refractivity (Wildman–Crippen MR) is 75.5 cm³/mol. The molecule has 0 atom stereocenters. The minimum absolute atomic E-state index is 0.0817.